The highest BCUT2D eigenvalue weighted by Gasteiger charge is 2.06. The van der Waals surface area contributed by atoms with Crippen molar-refractivity contribution in [3.63, 3.8) is 0 Å². The molecule has 5 nitrogen and oxygen atoms in total. The van der Waals surface area contributed by atoms with Crippen LogP contribution in [0, 0.1) is 29.6 Å². The van der Waals surface area contributed by atoms with Gasteiger partial charge >= 0.3 is 0 Å². The molecule has 1 rings (SSSR count). The molecule has 16 heavy (non-hydrogen) atoms. The number of rotatable bonds is 1. The van der Waals surface area contributed by atoms with Crippen molar-refractivity contribution in [3.05, 3.63) is 29.8 Å². The van der Waals surface area contributed by atoms with Crippen molar-refractivity contribution in [3.8, 4) is 12.1 Å². The normalized spacial score (nSPS) is 9.25. The van der Waals surface area contributed by atoms with Crippen molar-refractivity contribution in [1.29, 1.82) is 10.5 Å². The van der Waals surface area contributed by atoms with Gasteiger partial charge in [0.15, 0.2) is 0 Å². The lowest BCUT2D eigenvalue weighted by Gasteiger charge is -1.95. The van der Waals surface area contributed by atoms with E-state index in [0.29, 0.717) is 0 Å². The van der Waals surface area contributed by atoms with Crippen molar-refractivity contribution in [1.82, 2.24) is 0 Å². The van der Waals surface area contributed by atoms with E-state index in [0.717, 1.165) is 5.56 Å². The Labute approximate surface area is 94.3 Å². The van der Waals surface area contributed by atoms with Gasteiger partial charge in [-0.3, -0.25) is 4.55 Å². The Morgan fingerprint density at radius 2 is 1.62 bits per heavy atom. The summed E-state index contributed by atoms with van der Waals surface area (Å²) in [6, 6.07) is 9.30. The average Bonchev–Trinajstić information content (AvgIpc) is 2.19. The Bertz CT molecular complexity index is 494. The minimum Gasteiger partial charge on any atom is -0.282 e. The van der Waals surface area contributed by atoms with Gasteiger partial charge in [0, 0.05) is 0 Å². The zero-order valence-corrected chi connectivity index (χ0v) is 9.40. The van der Waals surface area contributed by atoms with E-state index >= 15 is 0 Å². The van der Waals surface area contributed by atoms with Gasteiger partial charge in [0.25, 0.3) is 10.1 Å². The third-order valence-electron chi connectivity index (χ3n) is 1.48. The van der Waals surface area contributed by atoms with Gasteiger partial charge < -0.3 is 0 Å². The molecule has 0 saturated carbocycles. The predicted octanol–water partition coefficient (Wildman–Crippen LogP) is 1.67. The fourth-order valence-corrected chi connectivity index (χ4v) is 1.23. The molecule has 0 bridgehead atoms. The molecule has 1 N–H and O–H groups in total. The van der Waals surface area contributed by atoms with E-state index in [9.17, 15) is 8.42 Å². The molecule has 0 unspecified atom stereocenters. The molecule has 0 radical (unpaired) electrons. The second-order valence-corrected chi connectivity index (χ2v) is 4.20. The number of hydrogen-bond acceptors (Lipinski definition) is 4. The highest BCUT2D eigenvalue weighted by Crippen LogP contribution is 2.08. The van der Waals surface area contributed by atoms with Gasteiger partial charge in [-0.1, -0.05) is 17.7 Å². The second-order valence-electron chi connectivity index (χ2n) is 2.78. The van der Waals surface area contributed by atoms with E-state index in [1.165, 1.54) is 12.1 Å². The van der Waals surface area contributed by atoms with E-state index in [1.807, 2.05) is 6.92 Å². The molecule has 6 heteroatoms. The van der Waals surface area contributed by atoms with E-state index in [-0.39, 0.29) is 11.3 Å². The van der Waals surface area contributed by atoms with Gasteiger partial charge in [-0.15, -0.1) is 0 Å². The van der Waals surface area contributed by atoms with Crippen molar-refractivity contribution in [2.45, 2.75) is 18.2 Å². The number of benzene rings is 1. The van der Waals surface area contributed by atoms with Crippen LogP contribution >= 0.6 is 0 Å². The van der Waals surface area contributed by atoms with Gasteiger partial charge in [0.05, 0.1) is 17.0 Å². The van der Waals surface area contributed by atoms with Crippen LogP contribution in [0.2, 0.25) is 0 Å². The number of aryl methyl sites for hydroxylation is 1. The van der Waals surface area contributed by atoms with Gasteiger partial charge in [-0.2, -0.15) is 18.9 Å². The van der Waals surface area contributed by atoms with Crippen molar-refractivity contribution < 1.29 is 13.0 Å². The predicted molar refractivity (Wildman–Crippen MR) is 56.8 cm³/mol. The van der Waals surface area contributed by atoms with Crippen LogP contribution in [0.5, 0.6) is 0 Å². The molecule has 0 atom stereocenters. The fraction of sp³-hybridized carbons (Fsp3) is 0.200. The van der Waals surface area contributed by atoms with Crippen LogP contribution in [0.3, 0.4) is 0 Å². The topological polar surface area (TPSA) is 102 Å². The highest BCUT2D eigenvalue weighted by atomic mass is 32.2. The molecule has 0 amide bonds. The van der Waals surface area contributed by atoms with Crippen LogP contribution < -0.4 is 0 Å². The van der Waals surface area contributed by atoms with Crippen molar-refractivity contribution in [2.24, 2.45) is 0 Å². The largest absolute Gasteiger partial charge is 0.294 e. The van der Waals surface area contributed by atoms with Gasteiger partial charge in [-0.25, -0.2) is 0 Å². The van der Waals surface area contributed by atoms with Crippen LogP contribution in [0.25, 0.3) is 0 Å². The first-order valence-corrected chi connectivity index (χ1v) is 5.64. The zero-order valence-electron chi connectivity index (χ0n) is 8.58. The van der Waals surface area contributed by atoms with Crippen LogP contribution in [0.1, 0.15) is 12.0 Å². The first kappa shape index (κ1) is 14.1. The molecule has 0 spiro atoms. The molecule has 1 aromatic rings. The number of nitriles is 2. The average molecular weight is 238 g/mol. The fourth-order valence-electron chi connectivity index (χ4n) is 0.746. The van der Waals surface area contributed by atoms with Crippen molar-refractivity contribution in [2.75, 3.05) is 0 Å². The summed E-state index contributed by atoms with van der Waals surface area (Å²) in [7, 11) is -4.02. The van der Waals surface area contributed by atoms with Crippen LogP contribution in [0.15, 0.2) is 29.2 Å². The standard InChI is InChI=1S/C7H8O3S.C3H2N2/c1-6-2-4-7(5-3-6)11(8,9)10;4-2-1-3-5/h2-5H,1H3,(H,8,9,10);1H2. The first-order valence-electron chi connectivity index (χ1n) is 4.20. The Balaban J connectivity index is 0.000000385. The summed E-state index contributed by atoms with van der Waals surface area (Å²) in [5.41, 5.74) is 0.956. The third-order valence-corrected chi connectivity index (χ3v) is 2.34. The molecule has 0 aliphatic heterocycles. The highest BCUT2D eigenvalue weighted by molar-refractivity contribution is 7.85. The van der Waals surface area contributed by atoms with E-state index in [1.54, 1.807) is 24.3 Å². The monoisotopic (exact) mass is 238 g/mol. The van der Waals surface area contributed by atoms with Crippen LogP contribution in [0.4, 0.5) is 0 Å². The summed E-state index contributed by atoms with van der Waals surface area (Å²) < 4.78 is 29.6. The maximum atomic E-state index is 10.5. The van der Waals surface area contributed by atoms with Gasteiger partial charge in [0.2, 0.25) is 0 Å². The summed E-state index contributed by atoms with van der Waals surface area (Å²) in [5, 5.41) is 15.2. The molecular formula is C10H10N2O3S. The van der Waals surface area contributed by atoms with E-state index < -0.39 is 10.1 Å². The molecule has 0 aliphatic carbocycles. The van der Waals surface area contributed by atoms with Gasteiger partial charge in [-0.05, 0) is 19.1 Å². The summed E-state index contributed by atoms with van der Waals surface area (Å²) in [6.07, 6.45) is 0. The molecule has 0 saturated heterocycles. The Kier molecular flexibility index (Phi) is 5.79. The molecule has 84 valence electrons. The first-order chi connectivity index (χ1) is 7.41. The summed E-state index contributed by atoms with van der Waals surface area (Å²) >= 11 is 0. The lowest BCUT2D eigenvalue weighted by atomic mass is 10.2. The van der Waals surface area contributed by atoms with Crippen molar-refractivity contribution >= 4 is 10.1 Å². The van der Waals surface area contributed by atoms with Gasteiger partial charge in [0.1, 0.15) is 6.42 Å². The summed E-state index contributed by atoms with van der Waals surface area (Å²) in [4.78, 5) is -0.0666. The second kappa shape index (κ2) is 6.57. The number of nitrogens with zero attached hydrogens (tertiary/aromatic N) is 2. The molecular weight excluding hydrogens is 228 g/mol. The SMILES string of the molecule is Cc1ccc(S(=O)(=O)O)cc1.N#CCC#N. The Morgan fingerprint density at radius 1 is 1.19 bits per heavy atom. The van der Waals surface area contributed by atoms with E-state index in [2.05, 4.69) is 0 Å². The summed E-state index contributed by atoms with van der Waals surface area (Å²) in [6.45, 7) is 1.84. The number of hydrogen-bond donors (Lipinski definition) is 1. The maximum absolute atomic E-state index is 10.5. The molecule has 0 fully saturated rings. The lowest BCUT2D eigenvalue weighted by molar-refractivity contribution is 0.483. The molecule has 0 aromatic heterocycles. The third kappa shape index (κ3) is 5.76. The smallest absolute Gasteiger partial charge is 0.282 e. The lowest BCUT2D eigenvalue weighted by Crippen LogP contribution is -1.96. The molecule has 0 aliphatic rings. The molecule has 0 heterocycles. The Hall–Kier alpha value is -1.89. The van der Waals surface area contributed by atoms with E-state index in [4.69, 9.17) is 15.1 Å². The Morgan fingerprint density at radius 3 is 1.88 bits per heavy atom. The van der Waals surface area contributed by atoms with Crippen LogP contribution in [-0.4, -0.2) is 13.0 Å². The minimum absolute atomic E-state index is 0. The maximum Gasteiger partial charge on any atom is 0.294 e. The summed E-state index contributed by atoms with van der Waals surface area (Å²) in [5.74, 6) is 0. The minimum atomic E-state index is -4.02. The van der Waals surface area contributed by atoms with Crippen LogP contribution in [-0.2, 0) is 10.1 Å². The quantitative estimate of drug-likeness (QED) is 0.749. The molecule has 1 aromatic carbocycles. The zero-order chi connectivity index (χ0) is 12.6.